The van der Waals surface area contributed by atoms with Gasteiger partial charge in [0.15, 0.2) is 11.4 Å². The average molecular weight is 621 g/mol. The number of nitro benzene ring substituents is 6. The fourth-order valence-electron chi connectivity index (χ4n) is 3.50. The summed E-state index contributed by atoms with van der Waals surface area (Å²) in [6.45, 7) is 0. The van der Waals surface area contributed by atoms with E-state index >= 15 is 0 Å². The zero-order chi connectivity index (χ0) is 33.2. The molecule has 0 saturated heterocycles. The van der Waals surface area contributed by atoms with Crippen molar-refractivity contribution < 1.29 is 39.4 Å². The molecule has 0 aliphatic carbocycles. The van der Waals surface area contributed by atoms with Crippen LogP contribution in [0.2, 0.25) is 0 Å². The largest absolute Gasteiger partial charge is 0.342 e. The first kappa shape index (κ1) is 30.9. The molecule has 27 nitrogen and oxygen atoms in total. The maximum Gasteiger partial charge on any atom is 0.342 e. The number of benzene rings is 2. The van der Waals surface area contributed by atoms with Crippen LogP contribution in [-0.2, 0) is 0 Å². The lowest BCUT2D eigenvalue weighted by Crippen LogP contribution is -2.10. The number of nitro groups is 8. The smallest absolute Gasteiger partial charge is 0.333 e. The van der Waals surface area contributed by atoms with Gasteiger partial charge in [0.1, 0.15) is 6.20 Å². The highest BCUT2D eigenvalue weighted by Gasteiger charge is 2.39. The summed E-state index contributed by atoms with van der Waals surface area (Å²) in [4.78, 5) is 85.1. The summed E-state index contributed by atoms with van der Waals surface area (Å²) in [5, 5.41) is 96.2. The summed E-state index contributed by atoms with van der Waals surface area (Å²) in [5.74, 6) is -1.27. The average Bonchev–Trinajstić information content (AvgIpc) is 2.91. The van der Waals surface area contributed by atoms with Crippen molar-refractivity contribution in [3.05, 3.63) is 111 Å². The quantitative estimate of drug-likeness (QED) is 0.214. The number of nitrogens with zero attached hydrogens (tertiary/aromatic N) is 9. The van der Waals surface area contributed by atoms with Gasteiger partial charge in [-0.3, -0.25) is 80.9 Å². The van der Waals surface area contributed by atoms with Crippen LogP contribution < -0.4 is 10.6 Å². The Kier molecular flexibility index (Phi) is 8.07. The Morgan fingerprint density at radius 2 is 0.773 bits per heavy atom. The van der Waals surface area contributed by atoms with Gasteiger partial charge >= 0.3 is 34.1 Å². The van der Waals surface area contributed by atoms with Crippen LogP contribution >= 0.6 is 0 Å². The molecule has 2 aromatic carbocycles. The molecule has 0 atom stereocenters. The monoisotopic (exact) mass is 621 g/mol. The minimum absolute atomic E-state index is 0.191. The van der Waals surface area contributed by atoms with Crippen LogP contribution in [0.1, 0.15) is 0 Å². The zero-order valence-corrected chi connectivity index (χ0v) is 20.4. The Balaban J connectivity index is 2.43. The molecule has 0 unspecified atom stereocenters. The molecule has 0 spiro atoms. The molecule has 27 heteroatoms. The molecule has 1 heterocycles. The van der Waals surface area contributed by atoms with Crippen molar-refractivity contribution in [2.45, 2.75) is 0 Å². The van der Waals surface area contributed by atoms with E-state index in [2.05, 4.69) is 4.98 Å². The van der Waals surface area contributed by atoms with E-state index < -0.39 is 108 Å². The van der Waals surface area contributed by atoms with E-state index in [0.29, 0.717) is 0 Å². The second-order valence-corrected chi connectivity index (χ2v) is 7.74. The van der Waals surface area contributed by atoms with Gasteiger partial charge < -0.3 is 10.6 Å². The van der Waals surface area contributed by atoms with Crippen molar-refractivity contribution in [1.82, 2.24) is 4.98 Å². The maximum absolute atomic E-state index is 12.1. The van der Waals surface area contributed by atoms with E-state index in [1.165, 1.54) is 0 Å². The molecule has 0 saturated carbocycles. The predicted octanol–water partition coefficient (Wildman–Crippen LogP) is 3.83. The van der Waals surface area contributed by atoms with Crippen molar-refractivity contribution >= 4 is 68.4 Å². The van der Waals surface area contributed by atoms with Crippen LogP contribution in [0, 0.1) is 80.9 Å². The molecule has 0 amide bonds. The molecule has 3 rings (SSSR count). The van der Waals surface area contributed by atoms with Crippen molar-refractivity contribution in [2.24, 2.45) is 0 Å². The van der Waals surface area contributed by atoms with Gasteiger partial charge in [-0.1, -0.05) is 0 Å². The molecule has 0 bridgehead atoms. The van der Waals surface area contributed by atoms with Gasteiger partial charge in [-0.15, -0.1) is 0 Å². The SMILES string of the molecule is O=[N+]([O-])c1cc([N+](=O)[O-])c(Nc2ncc([N+](=O)[O-])c(Nc3c([N+](=O)[O-])cc([N+](=O)[O-])cc3[N+](=O)[O-])c2[N+](=O)[O-])c([N+](=O)[O-])c1. The molecule has 0 fully saturated rings. The maximum atomic E-state index is 12.1. The molecule has 226 valence electrons. The van der Waals surface area contributed by atoms with Gasteiger partial charge in [-0.2, -0.15) is 0 Å². The van der Waals surface area contributed by atoms with E-state index in [4.69, 9.17) is 0 Å². The molecule has 0 aliphatic heterocycles. The van der Waals surface area contributed by atoms with E-state index in [9.17, 15) is 80.9 Å². The number of anilines is 4. The molecular weight excluding hydrogens is 614 g/mol. The van der Waals surface area contributed by atoms with Gasteiger partial charge in [-0.05, 0) is 0 Å². The Morgan fingerprint density at radius 1 is 0.432 bits per heavy atom. The molecule has 0 radical (unpaired) electrons. The van der Waals surface area contributed by atoms with Crippen molar-refractivity contribution in [3.63, 3.8) is 0 Å². The Bertz CT molecular complexity index is 1790. The normalized spacial score (nSPS) is 10.4. The van der Waals surface area contributed by atoms with Crippen molar-refractivity contribution in [3.8, 4) is 0 Å². The zero-order valence-electron chi connectivity index (χ0n) is 20.4. The third-order valence-corrected chi connectivity index (χ3v) is 5.28. The van der Waals surface area contributed by atoms with Crippen molar-refractivity contribution in [2.75, 3.05) is 10.6 Å². The van der Waals surface area contributed by atoms with Crippen molar-refractivity contribution in [1.29, 1.82) is 0 Å². The minimum Gasteiger partial charge on any atom is -0.333 e. The molecular formula is C17H7N11O16. The molecule has 3 aromatic rings. The minimum atomic E-state index is -1.62. The van der Waals surface area contributed by atoms with Gasteiger partial charge in [0.2, 0.25) is 11.5 Å². The number of rotatable bonds is 12. The highest BCUT2D eigenvalue weighted by atomic mass is 16.7. The molecule has 44 heavy (non-hydrogen) atoms. The topological polar surface area (TPSA) is 382 Å². The summed E-state index contributed by atoms with van der Waals surface area (Å²) in [6, 6.07) is 0.846. The van der Waals surface area contributed by atoms with E-state index in [1.54, 1.807) is 5.32 Å². The second kappa shape index (κ2) is 11.5. The first-order valence-corrected chi connectivity index (χ1v) is 10.5. The summed E-state index contributed by atoms with van der Waals surface area (Å²) < 4.78 is 0. The number of non-ortho nitro benzene ring substituents is 2. The van der Waals surface area contributed by atoms with E-state index in [1.807, 2.05) is 5.32 Å². The van der Waals surface area contributed by atoms with Gasteiger partial charge in [0, 0.05) is 0 Å². The standard InChI is InChI=1S/C17H7N11O16/c29-21(30)6-1-8(23(33)34)13(9(2-6)24(35)36)19-15-12(27(41)42)5-18-17(16(15)28(43)44)20-14-10(25(37)38)3-7(22(31)32)4-11(14)26(39)40/h1-5H,(H2,18,19,20). The first-order valence-electron chi connectivity index (χ1n) is 10.5. The van der Waals surface area contributed by atoms with E-state index in [0.717, 1.165) is 0 Å². The summed E-state index contributed by atoms with van der Waals surface area (Å²) >= 11 is 0. The summed E-state index contributed by atoms with van der Waals surface area (Å²) in [5.41, 5.74) is -15.0. The number of aromatic nitrogens is 1. The Morgan fingerprint density at radius 3 is 1.07 bits per heavy atom. The van der Waals surface area contributed by atoms with Crippen LogP contribution in [0.4, 0.5) is 68.4 Å². The van der Waals surface area contributed by atoms with Gasteiger partial charge in [0.25, 0.3) is 11.4 Å². The van der Waals surface area contributed by atoms with Gasteiger partial charge in [0.05, 0.1) is 63.7 Å². The third kappa shape index (κ3) is 5.79. The lowest BCUT2D eigenvalue weighted by Gasteiger charge is -2.12. The lowest BCUT2D eigenvalue weighted by molar-refractivity contribution is -0.402. The van der Waals surface area contributed by atoms with E-state index in [-0.39, 0.29) is 30.5 Å². The van der Waals surface area contributed by atoms with Crippen LogP contribution in [0.15, 0.2) is 30.5 Å². The third-order valence-electron chi connectivity index (χ3n) is 5.28. The fraction of sp³-hybridized carbons (Fsp3) is 0. The molecule has 2 N–H and O–H groups in total. The number of hydrogen-bond donors (Lipinski definition) is 2. The number of pyridine rings is 1. The van der Waals surface area contributed by atoms with Gasteiger partial charge in [-0.25, -0.2) is 4.98 Å². The molecule has 1 aromatic heterocycles. The predicted molar refractivity (Wildman–Crippen MR) is 137 cm³/mol. The highest BCUT2D eigenvalue weighted by molar-refractivity contribution is 5.92. The highest BCUT2D eigenvalue weighted by Crippen LogP contribution is 2.48. The van der Waals surface area contributed by atoms with Crippen LogP contribution in [0.3, 0.4) is 0 Å². The first-order chi connectivity index (χ1) is 20.5. The van der Waals surface area contributed by atoms with Crippen LogP contribution in [0.5, 0.6) is 0 Å². The van der Waals surface area contributed by atoms with Crippen LogP contribution in [0.25, 0.3) is 0 Å². The summed E-state index contributed by atoms with van der Waals surface area (Å²) in [7, 11) is 0. The Hall–Kier alpha value is -7.61. The van der Waals surface area contributed by atoms with Crippen LogP contribution in [-0.4, -0.2) is 44.4 Å². The number of hydrogen-bond acceptors (Lipinski definition) is 19. The molecule has 0 aliphatic rings. The summed E-state index contributed by atoms with van der Waals surface area (Å²) in [6.07, 6.45) is 0.212. The lowest BCUT2D eigenvalue weighted by atomic mass is 10.1. The second-order valence-electron chi connectivity index (χ2n) is 7.74. The Labute approximate surface area is 235 Å². The fourth-order valence-corrected chi connectivity index (χ4v) is 3.50. The number of nitrogens with one attached hydrogen (secondary N) is 2.